The number of aryl methyl sites for hydroxylation is 1. The van der Waals surface area contributed by atoms with Crippen molar-refractivity contribution in [1.82, 2.24) is 5.53 Å². The van der Waals surface area contributed by atoms with E-state index in [9.17, 15) is 15.2 Å². The summed E-state index contributed by atoms with van der Waals surface area (Å²) in [7, 11) is 0. The highest BCUT2D eigenvalue weighted by Crippen LogP contribution is 2.27. The molecular weight excluding hydrogens is 274 g/mol. The molecule has 0 aliphatic heterocycles. The first-order valence-corrected chi connectivity index (χ1v) is 6.02. The van der Waals surface area contributed by atoms with Crippen LogP contribution in [-0.2, 0) is 0 Å². The summed E-state index contributed by atoms with van der Waals surface area (Å²) in [5.41, 5.74) is 6.35. The van der Waals surface area contributed by atoms with Gasteiger partial charge in [0.2, 0.25) is 0 Å². The predicted octanol–water partition coefficient (Wildman–Crippen LogP) is 3.22. The van der Waals surface area contributed by atoms with Crippen LogP contribution in [0.5, 0.6) is 5.75 Å². The van der Waals surface area contributed by atoms with Crippen molar-refractivity contribution in [3.63, 3.8) is 0 Å². The van der Waals surface area contributed by atoms with E-state index >= 15 is 0 Å². The summed E-state index contributed by atoms with van der Waals surface area (Å²) in [5, 5.41) is 27.8. The minimum Gasteiger partial charge on any atom is -0.506 e. The molecule has 2 aromatic carbocycles. The molecular formula is C13H13N5O3. The molecule has 0 bridgehead atoms. The Kier molecular flexibility index (Phi) is 4.30. The van der Waals surface area contributed by atoms with Crippen LogP contribution in [0.15, 0.2) is 52.8 Å². The Morgan fingerprint density at radius 2 is 2.00 bits per heavy atom. The van der Waals surface area contributed by atoms with Crippen LogP contribution in [0, 0.1) is 17.0 Å². The number of phenols is 1. The van der Waals surface area contributed by atoms with Crippen LogP contribution < -0.4 is 11.0 Å². The van der Waals surface area contributed by atoms with Crippen molar-refractivity contribution in [2.45, 2.75) is 6.92 Å². The van der Waals surface area contributed by atoms with E-state index in [1.165, 1.54) is 18.2 Å². The lowest BCUT2D eigenvalue weighted by Crippen LogP contribution is -2.14. The third-order valence-electron chi connectivity index (χ3n) is 2.63. The second-order valence-electron chi connectivity index (χ2n) is 4.20. The number of phenolic OH excluding ortho intramolecular Hbond substituents is 1. The first-order valence-electron chi connectivity index (χ1n) is 6.02. The second-order valence-corrected chi connectivity index (χ2v) is 4.20. The number of nitro groups is 1. The zero-order chi connectivity index (χ0) is 15.2. The minimum absolute atomic E-state index is 0.00292. The molecule has 0 radical (unpaired) electrons. The van der Waals surface area contributed by atoms with Gasteiger partial charge in [-0.1, -0.05) is 23.4 Å². The SMILES string of the molecule is Cc1ccc(O)c(N=NNNc2ccccc2[N+](=O)[O-])c1. The largest absolute Gasteiger partial charge is 0.506 e. The molecule has 8 heteroatoms. The number of hydrogen-bond donors (Lipinski definition) is 3. The summed E-state index contributed by atoms with van der Waals surface area (Å²) < 4.78 is 0. The van der Waals surface area contributed by atoms with Gasteiger partial charge in [-0.15, -0.1) is 5.11 Å². The summed E-state index contributed by atoms with van der Waals surface area (Å²) in [4.78, 5) is 10.3. The Balaban J connectivity index is 2.03. The van der Waals surface area contributed by atoms with E-state index in [-0.39, 0.29) is 17.1 Å². The predicted molar refractivity (Wildman–Crippen MR) is 77.2 cm³/mol. The van der Waals surface area contributed by atoms with Gasteiger partial charge < -0.3 is 5.11 Å². The Hall–Kier alpha value is -3.16. The summed E-state index contributed by atoms with van der Waals surface area (Å²) in [6, 6.07) is 11.0. The lowest BCUT2D eigenvalue weighted by molar-refractivity contribution is -0.384. The van der Waals surface area contributed by atoms with Crippen molar-refractivity contribution in [2.75, 3.05) is 5.43 Å². The lowest BCUT2D eigenvalue weighted by atomic mass is 10.2. The van der Waals surface area contributed by atoms with E-state index in [0.29, 0.717) is 5.69 Å². The van der Waals surface area contributed by atoms with E-state index in [4.69, 9.17) is 0 Å². The van der Waals surface area contributed by atoms with E-state index in [1.807, 2.05) is 6.92 Å². The molecule has 0 unspecified atom stereocenters. The first-order chi connectivity index (χ1) is 10.1. The van der Waals surface area contributed by atoms with Crippen molar-refractivity contribution in [3.05, 3.63) is 58.1 Å². The van der Waals surface area contributed by atoms with Crippen LogP contribution in [0.2, 0.25) is 0 Å². The molecule has 8 nitrogen and oxygen atoms in total. The fraction of sp³-hybridized carbons (Fsp3) is 0.0769. The van der Waals surface area contributed by atoms with Gasteiger partial charge >= 0.3 is 0 Å². The third kappa shape index (κ3) is 3.66. The molecule has 0 saturated carbocycles. The first kappa shape index (κ1) is 14.3. The summed E-state index contributed by atoms with van der Waals surface area (Å²) >= 11 is 0. The van der Waals surface area contributed by atoms with E-state index < -0.39 is 4.92 Å². The average Bonchev–Trinajstić information content (AvgIpc) is 2.47. The van der Waals surface area contributed by atoms with Gasteiger partial charge in [0.15, 0.2) is 0 Å². The molecule has 0 amide bonds. The molecule has 0 aliphatic rings. The Bertz CT molecular complexity index is 687. The average molecular weight is 287 g/mol. The number of nitro benzene ring substituents is 1. The highest BCUT2D eigenvalue weighted by molar-refractivity contribution is 5.60. The van der Waals surface area contributed by atoms with Gasteiger partial charge in [0.25, 0.3) is 5.69 Å². The monoisotopic (exact) mass is 287 g/mol. The molecule has 0 atom stereocenters. The van der Waals surface area contributed by atoms with E-state index in [2.05, 4.69) is 21.3 Å². The quantitative estimate of drug-likeness (QED) is 0.444. The van der Waals surface area contributed by atoms with Crippen molar-refractivity contribution >= 4 is 17.1 Å². The van der Waals surface area contributed by atoms with Crippen LogP contribution in [0.25, 0.3) is 0 Å². The Morgan fingerprint density at radius 3 is 2.76 bits per heavy atom. The summed E-state index contributed by atoms with van der Waals surface area (Å²) in [6.07, 6.45) is 0. The van der Waals surface area contributed by atoms with Crippen LogP contribution in [0.3, 0.4) is 0 Å². The number of benzene rings is 2. The van der Waals surface area contributed by atoms with Crippen molar-refractivity contribution < 1.29 is 10.0 Å². The molecule has 2 aromatic rings. The van der Waals surface area contributed by atoms with Gasteiger partial charge in [-0.05, 0) is 30.7 Å². The van der Waals surface area contributed by atoms with Crippen LogP contribution in [0.4, 0.5) is 17.1 Å². The van der Waals surface area contributed by atoms with Crippen LogP contribution in [-0.4, -0.2) is 10.0 Å². The van der Waals surface area contributed by atoms with Gasteiger partial charge in [0.1, 0.15) is 17.1 Å². The van der Waals surface area contributed by atoms with E-state index in [0.717, 1.165) is 5.56 Å². The fourth-order valence-electron chi connectivity index (χ4n) is 1.62. The lowest BCUT2D eigenvalue weighted by Gasteiger charge is -2.04. The number of anilines is 1. The Morgan fingerprint density at radius 1 is 1.24 bits per heavy atom. The van der Waals surface area contributed by atoms with Crippen molar-refractivity contribution in [1.29, 1.82) is 0 Å². The maximum Gasteiger partial charge on any atom is 0.294 e. The van der Waals surface area contributed by atoms with Gasteiger partial charge in [-0.2, -0.15) is 0 Å². The molecule has 108 valence electrons. The highest BCUT2D eigenvalue weighted by atomic mass is 16.6. The van der Waals surface area contributed by atoms with Crippen molar-refractivity contribution in [3.8, 4) is 5.75 Å². The van der Waals surface area contributed by atoms with Crippen LogP contribution >= 0.6 is 0 Å². The van der Waals surface area contributed by atoms with Gasteiger partial charge in [0.05, 0.1) is 4.92 Å². The zero-order valence-electron chi connectivity index (χ0n) is 11.1. The second kappa shape index (κ2) is 6.33. The smallest absolute Gasteiger partial charge is 0.294 e. The number of aromatic hydroxyl groups is 1. The maximum atomic E-state index is 10.8. The number of hydrazine groups is 1. The molecule has 0 spiro atoms. The molecule has 0 aromatic heterocycles. The molecule has 0 aliphatic carbocycles. The normalized spacial score (nSPS) is 10.5. The minimum atomic E-state index is -0.506. The van der Waals surface area contributed by atoms with Crippen LogP contribution in [0.1, 0.15) is 5.56 Å². The van der Waals surface area contributed by atoms with Crippen molar-refractivity contribution in [2.24, 2.45) is 10.3 Å². The van der Waals surface area contributed by atoms with E-state index in [1.54, 1.807) is 24.3 Å². The molecule has 3 N–H and O–H groups in total. The Labute approximate surface area is 120 Å². The molecule has 0 heterocycles. The topological polar surface area (TPSA) is 112 Å². The zero-order valence-corrected chi connectivity index (χ0v) is 11.1. The maximum absolute atomic E-state index is 10.8. The number of nitrogens with one attached hydrogen (secondary N) is 2. The summed E-state index contributed by atoms with van der Waals surface area (Å²) in [5.74, 6) is -0.00292. The molecule has 0 fully saturated rings. The fourth-order valence-corrected chi connectivity index (χ4v) is 1.62. The standard InChI is InChI=1S/C13H13N5O3/c1-9-6-7-13(19)11(8-9)15-17-16-14-10-4-2-3-5-12(10)18(20)21/h2-8,19H,1H3,(H,14,17)(H,15,16). The highest BCUT2D eigenvalue weighted by Gasteiger charge is 2.11. The number of hydrogen-bond acceptors (Lipinski definition) is 6. The molecule has 2 rings (SSSR count). The van der Waals surface area contributed by atoms with Gasteiger partial charge in [-0.25, -0.2) is 5.53 Å². The number of para-hydroxylation sites is 2. The molecule has 21 heavy (non-hydrogen) atoms. The number of rotatable bonds is 5. The third-order valence-corrected chi connectivity index (χ3v) is 2.63. The van der Waals surface area contributed by atoms with Gasteiger partial charge in [0, 0.05) is 6.07 Å². The van der Waals surface area contributed by atoms with Gasteiger partial charge in [-0.3, -0.25) is 15.5 Å². The molecule has 0 saturated heterocycles. The summed E-state index contributed by atoms with van der Waals surface area (Å²) in [6.45, 7) is 1.86. The number of nitrogens with zero attached hydrogens (tertiary/aromatic N) is 3.